The van der Waals surface area contributed by atoms with Crippen LogP contribution in [0.4, 0.5) is 5.69 Å². The highest BCUT2D eigenvalue weighted by Crippen LogP contribution is 2.33. The maximum atomic E-state index is 12.1. The van der Waals surface area contributed by atoms with E-state index in [1.54, 1.807) is 6.20 Å². The first-order valence-corrected chi connectivity index (χ1v) is 7.26. The van der Waals surface area contributed by atoms with E-state index in [0.717, 1.165) is 22.3 Å². The number of hydrogen-bond donors (Lipinski definition) is 2. The number of nitrogens with zero attached hydrogens (tertiary/aromatic N) is 2. The molecular weight excluding hydrogens is 320 g/mol. The summed E-state index contributed by atoms with van der Waals surface area (Å²) >= 11 is 3.41. The molecule has 1 aromatic carbocycles. The predicted molar refractivity (Wildman–Crippen MR) is 80.3 cm³/mol. The van der Waals surface area contributed by atoms with E-state index in [9.17, 15) is 4.79 Å². The van der Waals surface area contributed by atoms with Gasteiger partial charge in [-0.1, -0.05) is 22.0 Å². The first kappa shape index (κ1) is 13.3. The third-order valence-corrected chi connectivity index (χ3v) is 3.81. The molecule has 5 nitrogen and oxygen atoms in total. The number of halogens is 1. The van der Waals surface area contributed by atoms with Crippen molar-refractivity contribution in [2.75, 3.05) is 5.32 Å². The first-order chi connectivity index (χ1) is 9.63. The Labute approximate surface area is 125 Å². The van der Waals surface area contributed by atoms with Crippen molar-refractivity contribution in [3.63, 3.8) is 0 Å². The monoisotopic (exact) mass is 334 g/mol. The van der Waals surface area contributed by atoms with E-state index in [4.69, 9.17) is 0 Å². The highest BCUT2D eigenvalue weighted by atomic mass is 79.9. The molecule has 2 N–H and O–H groups in total. The van der Waals surface area contributed by atoms with Gasteiger partial charge in [-0.15, -0.1) is 0 Å². The summed E-state index contributed by atoms with van der Waals surface area (Å²) in [5, 5.41) is 10.4. The van der Waals surface area contributed by atoms with Crippen molar-refractivity contribution >= 4 is 27.5 Å². The van der Waals surface area contributed by atoms with Crippen LogP contribution < -0.4 is 10.6 Å². The van der Waals surface area contributed by atoms with Crippen LogP contribution in [0.3, 0.4) is 0 Å². The Kier molecular flexibility index (Phi) is 3.58. The number of rotatable bonds is 4. The van der Waals surface area contributed by atoms with Crippen LogP contribution in [0.15, 0.2) is 41.1 Å². The Balaban J connectivity index is 1.73. The number of carbonyl (C=O) groups excluding carboxylic acids is 1. The van der Waals surface area contributed by atoms with Crippen LogP contribution in [-0.2, 0) is 11.3 Å². The molecule has 104 valence electrons. The van der Waals surface area contributed by atoms with Gasteiger partial charge in [-0.25, -0.2) is 0 Å². The lowest BCUT2D eigenvalue weighted by atomic mass is 10.1. The zero-order valence-corrected chi connectivity index (χ0v) is 12.6. The third-order valence-electron chi connectivity index (χ3n) is 3.32. The fourth-order valence-corrected chi connectivity index (χ4v) is 2.79. The van der Waals surface area contributed by atoms with Gasteiger partial charge in [0.25, 0.3) is 0 Å². The van der Waals surface area contributed by atoms with Gasteiger partial charge >= 0.3 is 0 Å². The maximum absolute atomic E-state index is 12.1. The molecule has 1 aliphatic rings. The molecule has 1 aliphatic heterocycles. The summed E-state index contributed by atoms with van der Waals surface area (Å²) in [7, 11) is 0. The fraction of sp³-hybridized carbons (Fsp3) is 0.286. The molecule has 3 rings (SSSR count). The third kappa shape index (κ3) is 2.62. The van der Waals surface area contributed by atoms with E-state index in [0.29, 0.717) is 0 Å². The van der Waals surface area contributed by atoms with Crippen LogP contribution in [0.5, 0.6) is 0 Å². The van der Waals surface area contributed by atoms with Crippen molar-refractivity contribution in [3.8, 4) is 0 Å². The molecule has 2 heterocycles. The van der Waals surface area contributed by atoms with Gasteiger partial charge in [-0.3, -0.25) is 14.8 Å². The Morgan fingerprint density at radius 2 is 2.40 bits per heavy atom. The van der Waals surface area contributed by atoms with Gasteiger partial charge in [-0.2, -0.15) is 5.10 Å². The molecule has 0 saturated carbocycles. The number of nitrogens with one attached hydrogen (secondary N) is 2. The van der Waals surface area contributed by atoms with Gasteiger partial charge in [0, 0.05) is 34.2 Å². The lowest BCUT2D eigenvalue weighted by Gasteiger charge is -2.18. The molecule has 0 spiro atoms. The second kappa shape index (κ2) is 5.38. The lowest BCUT2D eigenvalue weighted by molar-refractivity contribution is -0.117. The van der Waals surface area contributed by atoms with E-state index in [1.807, 2.05) is 42.1 Å². The van der Waals surface area contributed by atoms with Crippen LogP contribution in [-0.4, -0.2) is 21.7 Å². The molecule has 1 amide bonds. The average molecular weight is 335 g/mol. The molecular formula is C14H15BrN4O. The normalized spacial score (nSPS) is 18.7. The zero-order valence-electron chi connectivity index (χ0n) is 11.0. The predicted octanol–water partition coefficient (Wildman–Crippen LogP) is 2.32. The Bertz CT molecular complexity index is 626. The molecule has 0 aliphatic carbocycles. The maximum Gasteiger partial charge on any atom is 0.246 e. The molecule has 2 atom stereocenters. The van der Waals surface area contributed by atoms with Crippen molar-refractivity contribution in [1.29, 1.82) is 0 Å². The molecule has 0 saturated heterocycles. The van der Waals surface area contributed by atoms with Gasteiger partial charge in [0.1, 0.15) is 6.04 Å². The average Bonchev–Trinajstić information content (AvgIpc) is 2.98. The van der Waals surface area contributed by atoms with Crippen LogP contribution in [0.2, 0.25) is 0 Å². The second-order valence-electron chi connectivity index (χ2n) is 4.95. The molecule has 0 fully saturated rings. The highest BCUT2D eigenvalue weighted by Gasteiger charge is 2.31. The molecule has 2 aromatic rings. The van der Waals surface area contributed by atoms with Gasteiger partial charge in [0.15, 0.2) is 0 Å². The molecule has 0 radical (unpaired) electrons. The number of aromatic nitrogens is 2. The van der Waals surface area contributed by atoms with Crippen molar-refractivity contribution in [1.82, 2.24) is 15.1 Å². The van der Waals surface area contributed by atoms with E-state index >= 15 is 0 Å². The molecule has 0 bridgehead atoms. The second-order valence-corrected chi connectivity index (χ2v) is 5.87. The molecule has 6 heteroatoms. The summed E-state index contributed by atoms with van der Waals surface area (Å²) < 4.78 is 2.81. The Hall–Kier alpha value is -1.66. The smallest absolute Gasteiger partial charge is 0.246 e. The fourth-order valence-electron chi connectivity index (χ4n) is 2.43. The van der Waals surface area contributed by atoms with Crippen molar-refractivity contribution < 1.29 is 4.79 Å². The molecule has 2 unspecified atom stereocenters. The van der Waals surface area contributed by atoms with Crippen molar-refractivity contribution in [2.45, 2.75) is 25.6 Å². The van der Waals surface area contributed by atoms with Gasteiger partial charge < -0.3 is 5.32 Å². The number of fused-ring (bicyclic) bond motifs is 1. The molecule has 20 heavy (non-hydrogen) atoms. The van der Waals surface area contributed by atoms with Gasteiger partial charge in [0.05, 0.1) is 6.54 Å². The Morgan fingerprint density at radius 3 is 3.15 bits per heavy atom. The summed E-state index contributed by atoms with van der Waals surface area (Å²) in [6.45, 7) is 2.77. The lowest BCUT2D eigenvalue weighted by Crippen LogP contribution is -2.37. The zero-order chi connectivity index (χ0) is 14.1. The van der Waals surface area contributed by atoms with E-state index in [1.165, 1.54) is 0 Å². The van der Waals surface area contributed by atoms with Crippen molar-refractivity contribution in [3.05, 3.63) is 46.7 Å². The van der Waals surface area contributed by atoms with Crippen LogP contribution in [0.25, 0.3) is 0 Å². The van der Waals surface area contributed by atoms with E-state index < -0.39 is 0 Å². The van der Waals surface area contributed by atoms with Crippen LogP contribution in [0.1, 0.15) is 18.5 Å². The van der Waals surface area contributed by atoms with Crippen LogP contribution >= 0.6 is 15.9 Å². The Morgan fingerprint density at radius 1 is 1.55 bits per heavy atom. The van der Waals surface area contributed by atoms with E-state index in [2.05, 4.69) is 31.7 Å². The standard InChI is InChI=1S/C14H15BrN4O/c1-9(8-19-6-2-5-16-19)17-13-11-4-3-10(15)7-12(11)18-14(13)20/h2-7,9,13,17H,8H2,1H3,(H,18,20). The van der Waals surface area contributed by atoms with Gasteiger partial charge in [-0.05, 0) is 25.1 Å². The number of benzene rings is 1. The summed E-state index contributed by atoms with van der Waals surface area (Å²) in [6, 6.07) is 7.57. The molecule has 1 aromatic heterocycles. The van der Waals surface area contributed by atoms with E-state index in [-0.39, 0.29) is 18.0 Å². The summed E-state index contributed by atoms with van der Waals surface area (Å²) in [6.07, 6.45) is 3.67. The minimum Gasteiger partial charge on any atom is -0.324 e. The largest absolute Gasteiger partial charge is 0.324 e. The summed E-state index contributed by atoms with van der Waals surface area (Å²) in [5.41, 5.74) is 1.86. The van der Waals surface area contributed by atoms with Crippen molar-refractivity contribution in [2.24, 2.45) is 0 Å². The topological polar surface area (TPSA) is 59.0 Å². The summed E-state index contributed by atoms with van der Waals surface area (Å²) in [4.78, 5) is 12.1. The number of amides is 1. The first-order valence-electron chi connectivity index (χ1n) is 6.47. The summed E-state index contributed by atoms with van der Waals surface area (Å²) in [5.74, 6) is -0.00887. The number of anilines is 1. The minimum absolute atomic E-state index is 0.00887. The van der Waals surface area contributed by atoms with Gasteiger partial charge in [0.2, 0.25) is 5.91 Å². The highest BCUT2D eigenvalue weighted by molar-refractivity contribution is 9.10. The van der Waals surface area contributed by atoms with Crippen LogP contribution in [0, 0.1) is 0 Å². The SMILES string of the molecule is CC(Cn1cccn1)NC1C(=O)Nc2cc(Br)ccc21. The number of carbonyl (C=O) groups is 1. The number of hydrogen-bond acceptors (Lipinski definition) is 3. The minimum atomic E-state index is -0.302. The quantitative estimate of drug-likeness (QED) is 0.902.